The normalized spacial score (nSPS) is 10.3. The van der Waals surface area contributed by atoms with Crippen LogP contribution in [0.25, 0.3) is 0 Å². The number of nitro groups is 1. The van der Waals surface area contributed by atoms with Crippen molar-refractivity contribution in [2.24, 2.45) is 0 Å². The molecule has 2 aromatic carbocycles. The number of aromatic nitrogens is 2. The van der Waals surface area contributed by atoms with E-state index in [4.69, 9.17) is 4.74 Å². The number of nitrogens with zero attached hydrogens (tertiary/aromatic N) is 3. The third-order valence-electron chi connectivity index (χ3n) is 3.77. The Balaban J connectivity index is 1.86. The summed E-state index contributed by atoms with van der Waals surface area (Å²) in [5, 5.41) is 17.5. The van der Waals surface area contributed by atoms with Gasteiger partial charge >= 0.3 is 11.7 Å². The number of benzene rings is 2. The molecule has 9 nitrogen and oxygen atoms in total. The minimum atomic E-state index is -0.559. The molecule has 148 valence electrons. The molecular formula is C19H16BrN5O4. The van der Waals surface area contributed by atoms with Crippen LogP contribution in [0.15, 0.2) is 59.3 Å². The van der Waals surface area contributed by atoms with E-state index in [0.717, 1.165) is 4.47 Å². The summed E-state index contributed by atoms with van der Waals surface area (Å²) in [5.41, 5.74) is 1.24. The molecule has 0 radical (unpaired) electrons. The highest BCUT2D eigenvalue weighted by atomic mass is 79.9. The predicted molar refractivity (Wildman–Crippen MR) is 112 cm³/mol. The zero-order valence-corrected chi connectivity index (χ0v) is 16.8. The fraction of sp³-hybridized carbons (Fsp3) is 0.105. The van der Waals surface area contributed by atoms with Crippen molar-refractivity contribution >= 4 is 50.6 Å². The number of nitrogens with one attached hydrogen (secondary N) is 2. The van der Waals surface area contributed by atoms with Gasteiger partial charge in [-0.2, -0.15) is 0 Å². The van der Waals surface area contributed by atoms with Crippen molar-refractivity contribution in [1.82, 2.24) is 9.97 Å². The fourth-order valence-corrected chi connectivity index (χ4v) is 2.71. The van der Waals surface area contributed by atoms with Crippen LogP contribution in [0.3, 0.4) is 0 Å². The summed E-state index contributed by atoms with van der Waals surface area (Å²) >= 11 is 3.34. The van der Waals surface area contributed by atoms with Gasteiger partial charge in [0.2, 0.25) is 11.6 Å². The molecule has 0 bridgehead atoms. The number of rotatable bonds is 7. The molecule has 10 heteroatoms. The molecule has 0 aliphatic rings. The third-order valence-corrected chi connectivity index (χ3v) is 4.30. The monoisotopic (exact) mass is 457 g/mol. The number of esters is 1. The van der Waals surface area contributed by atoms with Crippen molar-refractivity contribution in [2.75, 3.05) is 17.2 Å². The van der Waals surface area contributed by atoms with E-state index >= 15 is 0 Å². The highest BCUT2D eigenvalue weighted by Crippen LogP contribution is 2.33. The maximum Gasteiger partial charge on any atom is 0.353 e. The number of anilines is 4. The maximum absolute atomic E-state index is 11.7. The summed E-state index contributed by atoms with van der Waals surface area (Å²) in [6.07, 6.45) is 1.23. The Morgan fingerprint density at radius 1 is 1.03 bits per heavy atom. The van der Waals surface area contributed by atoms with Crippen LogP contribution in [-0.2, 0) is 4.74 Å². The molecule has 3 rings (SSSR count). The average molecular weight is 458 g/mol. The quantitative estimate of drug-likeness (QED) is 0.294. The molecule has 2 N–H and O–H groups in total. The Bertz CT molecular complexity index is 1030. The SMILES string of the molecule is CCOC(=O)c1ccc(Nc2ncnc(Nc3ccc(Br)cc3)c2[N+](=O)[O-])cc1. The van der Waals surface area contributed by atoms with Crippen molar-refractivity contribution < 1.29 is 14.5 Å². The first-order valence-corrected chi connectivity index (χ1v) is 9.33. The lowest BCUT2D eigenvalue weighted by Gasteiger charge is -2.10. The van der Waals surface area contributed by atoms with E-state index in [2.05, 4.69) is 36.5 Å². The van der Waals surface area contributed by atoms with Crippen molar-refractivity contribution in [1.29, 1.82) is 0 Å². The first kappa shape index (κ1) is 20.2. The standard InChI is InChI=1S/C19H16BrN5O4/c1-2-29-19(26)12-3-7-14(8-4-12)23-17-16(25(27)28)18(22-11-21-17)24-15-9-5-13(20)6-10-15/h3-11H,2H2,1H3,(H2,21,22,23,24). The van der Waals surface area contributed by atoms with Gasteiger partial charge in [-0.25, -0.2) is 14.8 Å². The van der Waals surface area contributed by atoms with Gasteiger partial charge < -0.3 is 15.4 Å². The Hall–Kier alpha value is -3.53. The van der Waals surface area contributed by atoms with Crippen molar-refractivity contribution in [3.63, 3.8) is 0 Å². The maximum atomic E-state index is 11.7. The van der Waals surface area contributed by atoms with Gasteiger partial charge in [0.05, 0.1) is 17.1 Å². The molecule has 0 spiro atoms. The van der Waals surface area contributed by atoms with Gasteiger partial charge in [-0.15, -0.1) is 0 Å². The van der Waals surface area contributed by atoms with Crippen LogP contribution in [-0.4, -0.2) is 27.5 Å². The van der Waals surface area contributed by atoms with Crippen LogP contribution < -0.4 is 10.6 Å². The molecule has 1 heterocycles. The van der Waals surface area contributed by atoms with E-state index in [1.54, 1.807) is 55.5 Å². The number of ether oxygens (including phenoxy) is 1. The van der Waals surface area contributed by atoms with E-state index in [-0.39, 0.29) is 23.9 Å². The molecule has 0 saturated carbocycles. The first-order chi connectivity index (χ1) is 14.0. The van der Waals surface area contributed by atoms with Gasteiger partial charge in [0, 0.05) is 15.8 Å². The Morgan fingerprint density at radius 3 is 2.03 bits per heavy atom. The lowest BCUT2D eigenvalue weighted by atomic mass is 10.2. The van der Waals surface area contributed by atoms with E-state index < -0.39 is 10.9 Å². The molecule has 29 heavy (non-hydrogen) atoms. The van der Waals surface area contributed by atoms with Crippen LogP contribution in [0.5, 0.6) is 0 Å². The van der Waals surface area contributed by atoms with Crippen molar-refractivity contribution in [3.8, 4) is 0 Å². The number of hydrogen-bond acceptors (Lipinski definition) is 8. The van der Waals surface area contributed by atoms with Crippen molar-refractivity contribution in [2.45, 2.75) is 6.92 Å². The molecule has 0 unspecified atom stereocenters. The molecule has 0 fully saturated rings. The smallest absolute Gasteiger partial charge is 0.353 e. The molecule has 0 saturated heterocycles. The highest BCUT2D eigenvalue weighted by molar-refractivity contribution is 9.10. The van der Waals surface area contributed by atoms with Crippen LogP contribution in [0.1, 0.15) is 17.3 Å². The molecule has 0 atom stereocenters. The molecule has 0 aliphatic carbocycles. The molecule has 1 aromatic heterocycles. The third kappa shape index (κ3) is 5.05. The van der Waals surface area contributed by atoms with Crippen molar-refractivity contribution in [3.05, 3.63) is 75.0 Å². The van der Waals surface area contributed by atoms with Crippen LogP contribution >= 0.6 is 15.9 Å². The largest absolute Gasteiger partial charge is 0.462 e. The Kier molecular flexibility index (Phi) is 6.35. The molecule has 0 aliphatic heterocycles. The minimum Gasteiger partial charge on any atom is -0.462 e. The molecular weight excluding hydrogens is 442 g/mol. The van der Waals surface area contributed by atoms with Crippen LogP contribution in [0, 0.1) is 10.1 Å². The summed E-state index contributed by atoms with van der Waals surface area (Å²) in [7, 11) is 0. The zero-order valence-electron chi connectivity index (χ0n) is 15.3. The summed E-state index contributed by atoms with van der Waals surface area (Å²) in [6, 6.07) is 13.5. The zero-order chi connectivity index (χ0) is 20.8. The lowest BCUT2D eigenvalue weighted by Crippen LogP contribution is -2.06. The lowest BCUT2D eigenvalue weighted by molar-refractivity contribution is -0.383. The second kappa shape index (κ2) is 9.11. The molecule has 3 aromatic rings. The van der Waals surface area contributed by atoms with E-state index in [0.29, 0.717) is 16.9 Å². The first-order valence-electron chi connectivity index (χ1n) is 8.54. The summed E-state index contributed by atoms with van der Waals surface area (Å²) in [4.78, 5) is 30.8. The second-order valence-corrected chi connectivity index (χ2v) is 6.65. The topological polar surface area (TPSA) is 119 Å². The van der Waals surface area contributed by atoms with E-state index in [1.807, 2.05) is 0 Å². The van der Waals surface area contributed by atoms with Crippen LogP contribution in [0.4, 0.5) is 28.7 Å². The predicted octanol–water partition coefficient (Wildman–Crippen LogP) is 4.81. The highest BCUT2D eigenvalue weighted by Gasteiger charge is 2.23. The van der Waals surface area contributed by atoms with Crippen LogP contribution in [0.2, 0.25) is 0 Å². The number of carbonyl (C=O) groups excluding carboxylic acids is 1. The Labute approximate surface area is 174 Å². The number of halogens is 1. The Morgan fingerprint density at radius 2 is 1.55 bits per heavy atom. The summed E-state index contributed by atoms with van der Waals surface area (Å²) in [5.74, 6) is -0.362. The summed E-state index contributed by atoms with van der Waals surface area (Å²) in [6.45, 7) is 2.00. The van der Waals surface area contributed by atoms with Gasteiger partial charge in [-0.3, -0.25) is 10.1 Å². The van der Waals surface area contributed by atoms with Gasteiger partial charge in [0.25, 0.3) is 0 Å². The van der Waals surface area contributed by atoms with Gasteiger partial charge in [-0.05, 0) is 55.5 Å². The average Bonchev–Trinajstić information content (AvgIpc) is 2.70. The minimum absolute atomic E-state index is 0.0218. The molecule has 0 amide bonds. The fourth-order valence-electron chi connectivity index (χ4n) is 2.45. The number of carbonyl (C=O) groups is 1. The van der Waals surface area contributed by atoms with Gasteiger partial charge in [0.15, 0.2) is 0 Å². The second-order valence-electron chi connectivity index (χ2n) is 5.73. The summed E-state index contributed by atoms with van der Waals surface area (Å²) < 4.78 is 5.82. The van der Waals surface area contributed by atoms with E-state index in [9.17, 15) is 14.9 Å². The number of hydrogen-bond donors (Lipinski definition) is 2. The van der Waals surface area contributed by atoms with Gasteiger partial charge in [0.1, 0.15) is 6.33 Å². The van der Waals surface area contributed by atoms with Gasteiger partial charge in [-0.1, -0.05) is 15.9 Å². The van der Waals surface area contributed by atoms with E-state index in [1.165, 1.54) is 6.33 Å².